The molecule has 2 unspecified atom stereocenters. The van der Waals surface area contributed by atoms with E-state index in [4.69, 9.17) is 5.11 Å². The van der Waals surface area contributed by atoms with Gasteiger partial charge in [-0.15, -0.1) is 11.3 Å². The van der Waals surface area contributed by atoms with Crippen LogP contribution in [0.3, 0.4) is 0 Å². The third kappa shape index (κ3) is 1.86. The fourth-order valence-corrected chi connectivity index (χ4v) is 4.10. The molecule has 2 atom stereocenters. The standard InChI is InChI=1S/C14H15NO4S/c1-2-7-5-8-9(6-7)13(17)15(12(8)16)11-4-3-10(20-11)14(18)19/h3-4,7-9H,2,5-6H2,1H3,(H,18,19). The number of nitrogens with zero attached hydrogens (tertiary/aromatic N) is 1. The van der Waals surface area contributed by atoms with Crippen molar-refractivity contribution in [3.63, 3.8) is 0 Å². The normalized spacial score (nSPS) is 29.1. The molecular weight excluding hydrogens is 278 g/mol. The molecule has 1 N–H and O–H groups in total. The Morgan fingerprint density at radius 1 is 1.30 bits per heavy atom. The van der Waals surface area contributed by atoms with E-state index in [1.807, 2.05) is 0 Å². The van der Waals surface area contributed by atoms with Crippen molar-refractivity contribution in [2.45, 2.75) is 26.2 Å². The Hall–Kier alpha value is -1.69. The molecule has 0 spiro atoms. The lowest BCUT2D eigenvalue weighted by atomic mass is 10.00. The highest BCUT2D eigenvalue weighted by Crippen LogP contribution is 2.46. The van der Waals surface area contributed by atoms with Gasteiger partial charge in [-0.2, -0.15) is 0 Å². The van der Waals surface area contributed by atoms with Gasteiger partial charge < -0.3 is 5.11 Å². The van der Waals surface area contributed by atoms with Crippen molar-refractivity contribution in [3.8, 4) is 0 Å². The first kappa shape index (κ1) is 13.3. The second-order valence-electron chi connectivity index (χ2n) is 5.41. The van der Waals surface area contributed by atoms with Crippen molar-refractivity contribution in [1.82, 2.24) is 0 Å². The molecule has 2 fully saturated rings. The number of fused-ring (bicyclic) bond motifs is 1. The number of amides is 2. The third-order valence-corrected chi connectivity index (χ3v) is 5.39. The lowest BCUT2D eigenvalue weighted by molar-refractivity contribution is -0.123. The summed E-state index contributed by atoms with van der Waals surface area (Å²) in [5.41, 5.74) is 0. The number of aromatic carboxylic acids is 1. The molecule has 1 aromatic rings. The van der Waals surface area contributed by atoms with E-state index < -0.39 is 5.97 Å². The molecule has 1 saturated heterocycles. The maximum atomic E-state index is 12.4. The molecule has 3 rings (SSSR count). The highest BCUT2D eigenvalue weighted by atomic mass is 32.1. The molecule has 1 saturated carbocycles. The SMILES string of the molecule is CCC1CC2C(=O)N(c3ccc(C(=O)O)s3)C(=O)C2C1. The Bertz CT molecular complexity index is 570. The Balaban J connectivity index is 1.87. The van der Waals surface area contributed by atoms with Crippen LogP contribution in [0.1, 0.15) is 35.9 Å². The van der Waals surface area contributed by atoms with E-state index in [1.165, 1.54) is 11.0 Å². The molecular formula is C14H15NO4S. The summed E-state index contributed by atoms with van der Waals surface area (Å²) >= 11 is 0.976. The lowest BCUT2D eigenvalue weighted by Gasteiger charge is -2.15. The van der Waals surface area contributed by atoms with Crippen molar-refractivity contribution in [3.05, 3.63) is 17.0 Å². The lowest BCUT2D eigenvalue weighted by Crippen LogP contribution is -2.31. The van der Waals surface area contributed by atoms with Crippen molar-refractivity contribution in [1.29, 1.82) is 0 Å². The van der Waals surface area contributed by atoms with Crippen LogP contribution in [0.4, 0.5) is 5.00 Å². The minimum absolute atomic E-state index is 0.143. The monoisotopic (exact) mass is 293 g/mol. The second-order valence-corrected chi connectivity index (χ2v) is 6.48. The molecule has 0 bridgehead atoms. The topological polar surface area (TPSA) is 74.7 Å². The first-order valence-corrected chi connectivity index (χ1v) is 7.55. The summed E-state index contributed by atoms with van der Waals surface area (Å²) < 4.78 is 0. The van der Waals surface area contributed by atoms with Gasteiger partial charge in [-0.3, -0.25) is 9.59 Å². The fraction of sp³-hybridized carbons (Fsp3) is 0.500. The zero-order valence-corrected chi connectivity index (χ0v) is 11.9. The number of rotatable bonds is 3. The van der Waals surface area contributed by atoms with Crippen molar-refractivity contribution < 1.29 is 19.5 Å². The van der Waals surface area contributed by atoms with E-state index in [-0.39, 0.29) is 28.5 Å². The van der Waals surface area contributed by atoms with Gasteiger partial charge in [0.05, 0.1) is 11.8 Å². The maximum absolute atomic E-state index is 12.4. The van der Waals surface area contributed by atoms with Crippen LogP contribution >= 0.6 is 11.3 Å². The number of carbonyl (C=O) groups is 3. The van der Waals surface area contributed by atoms with E-state index in [1.54, 1.807) is 6.07 Å². The third-order valence-electron chi connectivity index (χ3n) is 4.34. The molecule has 2 aliphatic rings. The first-order chi connectivity index (χ1) is 9.52. The molecule has 0 aromatic carbocycles. The van der Waals surface area contributed by atoms with Crippen LogP contribution in [0.25, 0.3) is 0 Å². The van der Waals surface area contributed by atoms with Gasteiger partial charge >= 0.3 is 5.97 Å². The summed E-state index contributed by atoms with van der Waals surface area (Å²) in [7, 11) is 0. The van der Waals surface area contributed by atoms with Crippen LogP contribution in [0.5, 0.6) is 0 Å². The predicted octanol–water partition coefficient (Wildman–Crippen LogP) is 2.37. The van der Waals surface area contributed by atoms with Gasteiger partial charge in [0.25, 0.3) is 0 Å². The molecule has 1 aliphatic carbocycles. The molecule has 2 heterocycles. The molecule has 1 aliphatic heterocycles. The fourth-order valence-electron chi connectivity index (χ4n) is 3.24. The van der Waals surface area contributed by atoms with Gasteiger partial charge in [0.15, 0.2) is 0 Å². The first-order valence-electron chi connectivity index (χ1n) is 6.73. The quantitative estimate of drug-likeness (QED) is 0.868. The summed E-state index contributed by atoms with van der Waals surface area (Å²) in [5, 5.41) is 9.35. The predicted molar refractivity (Wildman–Crippen MR) is 73.8 cm³/mol. The van der Waals surface area contributed by atoms with Gasteiger partial charge in [0.1, 0.15) is 9.88 Å². The summed E-state index contributed by atoms with van der Waals surface area (Å²) in [5.74, 6) is -1.31. The highest BCUT2D eigenvalue weighted by molar-refractivity contribution is 7.18. The van der Waals surface area contributed by atoms with Crippen LogP contribution in [0.15, 0.2) is 12.1 Å². The minimum atomic E-state index is -1.04. The zero-order chi connectivity index (χ0) is 14.4. The van der Waals surface area contributed by atoms with Crippen LogP contribution in [-0.2, 0) is 9.59 Å². The Morgan fingerprint density at radius 2 is 1.90 bits per heavy atom. The van der Waals surface area contributed by atoms with Crippen molar-refractivity contribution in [2.75, 3.05) is 4.90 Å². The van der Waals surface area contributed by atoms with Crippen molar-refractivity contribution >= 4 is 34.1 Å². The number of imide groups is 1. The average Bonchev–Trinajstić information content (AvgIpc) is 3.08. The average molecular weight is 293 g/mol. The number of thiophene rings is 1. The maximum Gasteiger partial charge on any atom is 0.345 e. The summed E-state index contributed by atoms with van der Waals surface area (Å²) in [6.07, 6.45) is 2.55. The molecule has 106 valence electrons. The summed E-state index contributed by atoms with van der Waals surface area (Å²) in [6.45, 7) is 2.08. The zero-order valence-electron chi connectivity index (χ0n) is 11.0. The summed E-state index contributed by atoms with van der Waals surface area (Å²) in [4.78, 5) is 37.0. The number of carboxylic acids is 1. The van der Waals surface area contributed by atoms with Gasteiger partial charge in [-0.05, 0) is 30.9 Å². The number of hydrogen-bond donors (Lipinski definition) is 1. The minimum Gasteiger partial charge on any atom is -0.477 e. The van der Waals surface area contributed by atoms with Crippen LogP contribution in [0, 0.1) is 17.8 Å². The molecule has 0 radical (unpaired) electrons. The molecule has 1 aromatic heterocycles. The van der Waals surface area contributed by atoms with Gasteiger partial charge in [-0.25, -0.2) is 9.69 Å². The smallest absolute Gasteiger partial charge is 0.345 e. The number of carboxylic acid groups (broad SMARTS) is 1. The van der Waals surface area contributed by atoms with Gasteiger partial charge in [0.2, 0.25) is 11.8 Å². The molecule has 5 nitrogen and oxygen atoms in total. The van der Waals surface area contributed by atoms with E-state index in [9.17, 15) is 14.4 Å². The Kier molecular flexibility index (Phi) is 3.12. The molecule has 20 heavy (non-hydrogen) atoms. The molecule has 2 amide bonds. The Labute approximate surface area is 120 Å². The van der Waals surface area contributed by atoms with Crippen molar-refractivity contribution in [2.24, 2.45) is 17.8 Å². The van der Waals surface area contributed by atoms with Crippen LogP contribution in [0.2, 0.25) is 0 Å². The van der Waals surface area contributed by atoms with E-state index in [2.05, 4.69) is 6.92 Å². The number of hydrogen-bond acceptors (Lipinski definition) is 4. The van der Waals surface area contributed by atoms with Crippen LogP contribution in [-0.4, -0.2) is 22.9 Å². The van der Waals surface area contributed by atoms with E-state index >= 15 is 0 Å². The number of anilines is 1. The Morgan fingerprint density at radius 3 is 2.35 bits per heavy atom. The van der Waals surface area contributed by atoms with Gasteiger partial charge in [-0.1, -0.05) is 13.3 Å². The van der Waals surface area contributed by atoms with E-state index in [0.717, 1.165) is 30.6 Å². The highest BCUT2D eigenvalue weighted by Gasteiger charge is 2.53. The van der Waals surface area contributed by atoms with Crippen LogP contribution < -0.4 is 4.90 Å². The number of carbonyl (C=O) groups excluding carboxylic acids is 2. The second kappa shape index (κ2) is 4.70. The van der Waals surface area contributed by atoms with E-state index in [0.29, 0.717) is 10.9 Å². The van der Waals surface area contributed by atoms with Gasteiger partial charge in [0, 0.05) is 0 Å². The summed E-state index contributed by atoms with van der Waals surface area (Å²) in [6, 6.07) is 2.98. The molecule has 6 heteroatoms. The largest absolute Gasteiger partial charge is 0.477 e.